The maximum Gasteiger partial charge on any atom is 0.336 e. The molecule has 1 unspecified atom stereocenters. The molecule has 1 aliphatic rings. The van der Waals surface area contributed by atoms with E-state index in [4.69, 9.17) is 4.74 Å². The van der Waals surface area contributed by atoms with Gasteiger partial charge in [-0.25, -0.2) is 18.0 Å². The summed E-state index contributed by atoms with van der Waals surface area (Å²) in [5.74, 6) is -5.90. The van der Waals surface area contributed by atoms with Gasteiger partial charge in [0.1, 0.15) is 0 Å². The highest BCUT2D eigenvalue weighted by Crippen LogP contribution is 2.17. The fraction of sp³-hybridized carbons (Fsp3) is 0.385. The average Bonchev–Trinajstić information content (AvgIpc) is 2.50. The van der Waals surface area contributed by atoms with E-state index in [9.17, 15) is 22.8 Å². The fourth-order valence-corrected chi connectivity index (χ4v) is 1.97. The predicted octanol–water partition coefficient (Wildman–Crippen LogP) is 1.12. The van der Waals surface area contributed by atoms with Crippen LogP contribution in [0, 0.1) is 17.5 Å². The number of hydrogen-bond donors (Lipinski definition) is 0. The van der Waals surface area contributed by atoms with Crippen molar-refractivity contribution in [3.63, 3.8) is 0 Å². The molecule has 1 atom stereocenters. The van der Waals surface area contributed by atoms with Crippen LogP contribution in [0.25, 0.3) is 0 Å². The standard InChI is InChI=1S/C13H12F3NO4/c1-20-13(19)10-6-17(2-3-21-10)12(18)7-4-8(14)11(16)9(15)5-7/h4-5,10H,2-3,6H2,1H3. The summed E-state index contributed by atoms with van der Waals surface area (Å²) in [4.78, 5) is 24.7. The summed E-state index contributed by atoms with van der Waals surface area (Å²) in [7, 11) is 1.18. The summed E-state index contributed by atoms with van der Waals surface area (Å²) in [6, 6.07) is 1.23. The smallest absolute Gasteiger partial charge is 0.336 e. The van der Waals surface area contributed by atoms with Crippen LogP contribution in [0.3, 0.4) is 0 Å². The summed E-state index contributed by atoms with van der Waals surface area (Å²) >= 11 is 0. The van der Waals surface area contributed by atoms with E-state index < -0.39 is 35.4 Å². The van der Waals surface area contributed by atoms with Crippen LogP contribution in [-0.2, 0) is 14.3 Å². The number of morpholine rings is 1. The summed E-state index contributed by atoms with van der Waals surface area (Å²) in [6.45, 7) is 0.122. The Morgan fingerprint density at radius 2 is 1.90 bits per heavy atom. The normalized spacial score (nSPS) is 18.5. The van der Waals surface area contributed by atoms with Crippen LogP contribution in [0.5, 0.6) is 0 Å². The maximum atomic E-state index is 13.1. The number of benzene rings is 1. The lowest BCUT2D eigenvalue weighted by atomic mass is 10.1. The van der Waals surface area contributed by atoms with Crippen molar-refractivity contribution in [2.45, 2.75) is 6.10 Å². The van der Waals surface area contributed by atoms with Crippen LogP contribution >= 0.6 is 0 Å². The Hall–Kier alpha value is -2.09. The number of methoxy groups -OCH3 is 1. The first-order chi connectivity index (χ1) is 9.93. The number of ether oxygens (including phenoxy) is 2. The first-order valence-electron chi connectivity index (χ1n) is 6.07. The molecule has 0 aromatic heterocycles. The number of carbonyl (C=O) groups excluding carboxylic acids is 2. The first kappa shape index (κ1) is 15.3. The molecular weight excluding hydrogens is 291 g/mol. The molecule has 1 aromatic carbocycles. The molecule has 21 heavy (non-hydrogen) atoms. The Balaban J connectivity index is 2.18. The van der Waals surface area contributed by atoms with Gasteiger partial charge in [-0.05, 0) is 12.1 Å². The van der Waals surface area contributed by atoms with Crippen molar-refractivity contribution in [2.75, 3.05) is 26.8 Å². The molecule has 1 aromatic rings. The quantitative estimate of drug-likeness (QED) is 0.607. The van der Waals surface area contributed by atoms with Crippen molar-refractivity contribution in [3.05, 3.63) is 35.1 Å². The highest BCUT2D eigenvalue weighted by Gasteiger charge is 2.31. The lowest BCUT2D eigenvalue weighted by molar-refractivity contribution is -0.158. The van der Waals surface area contributed by atoms with Crippen molar-refractivity contribution in [2.24, 2.45) is 0 Å². The van der Waals surface area contributed by atoms with Gasteiger partial charge in [0, 0.05) is 12.1 Å². The topological polar surface area (TPSA) is 55.8 Å². The Morgan fingerprint density at radius 3 is 2.48 bits per heavy atom. The van der Waals surface area contributed by atoms with Gasteiger partial charge in [-0.2, -0.15) is 0 Å². The summed E-state index contributed by atoms with van der Waals surface area (Å²) < 4.78 is 48.8. The van der Waals surface area contributed by atoms with E-state index in [2.05, 4.69) is 4.74 Å². The fourth-order valence-electron chi connectivity index (χ4n) is 1.97. The molecule has 0 aliphatic carbocycles. The van der Waals surface area contributed by atoms with Crippen molar-refractivity contribution in [1.29, 1.82) is 0 Å². The molecule has 1 fully saturated rings. The second-order valence-electron chi connectivity index (χ2n) is 4.39. The molecule has 1 aliphatic heterocycles. The van der Waals surface area contributed by atoms with Gasteiger partial charge in [-0.1, -0.05) is 0 Å². The van der Waals surface area contributed by atoms with Gasteiger partial charge in [-0.15, -0.1) is 0 Å². The Morgan fingerprint density at radius 1 is 1.29 bits per heavy atom. The zero-order valence-electron chi connectivity index (χ0n) is 11.1. The molecular formula is C13H12F3NO4. The Bertz CT molecular complexity index is 556. The lowest BCUT2D eigenvalue weighted by Crippen LogP contribution is -2.48. The van der Waals surface area contributed by atoms with E-state index in [1.165, 1.54) is 12.0 Å². The van der Waals surface area contributed by atoms with Gasteiger partial charge in [-0.3, -0.25) is 4.79 Å². The molecule has 8 heteroatoms. The van der Waals surface area contributed by atoms with E-state index in [1.807, 2.05) is 0 Å². The minimum atomic E-state index is -1.64. The minimum absolute atomic E-state index is 0.0810. The molecule has 0 radical (unpaired) electrons. The average molecular weight is 303 g/mol. The molecule has 2 rings (SSSR count). The van der Waals surface area contributed by atoms with Crippen molar-refractivity contribution in [1.82, 2.24) is 4.90 Å². The molecule has 0 spiro atoms. The Kier molecular flexibility index (Phi) is 4.46. The summed E-state index contributed by atoms with van der Waals surface area (Å²) in [6.07, 6.45) is -0.956. The third kappa shape index (κ3) is 3.15. The summed E-state index contributed by atoms with van der Waals surface area (Å²) in [5.41, 5.74) is -0.336. The number of amides is 1. The van der Waals surface area contributed by atoms with Crippen molar-refractivity contribution < 1.29 is 32.2 Å². The SMILES string of the molecule is COC(=O)C1CN(C(=O)c2cc(F)c(F)c(F)c2)CCO1. The number of rotatable bonds is 2. The van der Waals surface area contributed by atoms with Crippen molar-refractivity contribution >= 4 is 11.9 Å². The third-order valence-electron chi connectivity index (χ3n) is 3.05. The highest BCUT2D eigenvalue weighted by molar-refractivity contribution is 5.94. The summed E-state index contributed by atoms with van der Waals surface area (Å²) in [5, 5.41) is 0. The molecule has 5 nitrogen and oxygen atoms in total. The molecule has 1 heterocycles. The van der Waals surface area contributed by atoms with Crippen LogP contribution in [0.15, 0.2) is 12.1 Å². The molecule has 114 valence electrons. The number of carbonyl (C=O) groups is 2. The molecule has 0 bridgehead atoms. The van der Waals surface area contributed by atoms with E-state index in [0.29, 0.717) is 12.1 Å². The van der Waals surface area contributed by atoms with E-state index in [1.54, 1.807) is 0 Å². The molecule has 1 amide bonds. The van der Waals surface area contributed by atoms with Gasteiger partial charge in [0.05, 0.1) is 20.3 Å². The van der Waals surface area contributed by atoms with E-state index in [-0.39, 0.29) is 25.3 Å². The predicted molar refractivity (Wildman–Crippen MR) is 64.0 cm³/mol. The maximum absolute atomic E-state index is 13.1. The van der Waals surface area contributed by atoms with Gasteiger partial charge in [0.15, 0.2) is 23.6 Å². The second kappa shape index (κ2) is 6.13. The molecule has 0 saturated carbocycles. The first-order valence-corrected chi connectivity index (χ1v) is 6.07. The molecule has 1 saturated heterocycles. The van der Waals surface area contributed by atoms with Crippen molar-refractivity contribution in [3.8, 4) is 0 Å². The second-order valence-corrected chi connectivity index (χ2v) is 4.39. The van der Waals surface area contributed by atoms with Gasteiger partial charge in [0.2, 0.25) is 0 Å². The van der Waals surface area contributed by atoms with Gasteiger partial charge >= 0.3 is 5.97 Å². The largest absolute Gasteiger partial charge is 0.467 e. The monoisotopic (exact) mass is 303 g/mol. The number of hydrogen-bond acceptors (Lipinski definition) is 4. The lowest BCUT2D eigenvalue weighted by Gasteiger charge is -2.31. The van der Waals surface area contributed by atoms with Crippen LogP contribution in [0.4, 0.5) is 13.2 Å². The van der Waals surface area contributed by atoms with Crippen LogP contribution in [-0.4, -0.2) is 49.7 Å². The number of halogens is 3. The van der Waals surface area contributed by atoms with Gasteiger partial charge < -0.3 is 14.4 Å². The van der Waals surface area contributed by atoms with E-state index in [0.717, 1.165) is 0 Å². The highest BCUT2D eigenvalue weighted by atomic mass is 19.2. The zero-order valence-corrected chi connectivity index (χ0v) is 11.1. The number of nitrogens with zero attached hydrogens (tertiary/aromatic N) is 1. The Labute approximate surface area is 118 Å². The van der Waals surface area contributed by atoms with Crippen LogP contribution in [0.1, 0.15) is 10.4 Å². The van der Waals surface area contributed by atoms with Crippen LogP contribution < -0.4 is 0 Å². The van der Waals surface area contributed by atoms with Crippen LogP contribution in [0.2, 0.25) is 0 Å². The zero-order chi connectivity index (χ0) is 15.6. The number of esters is 1. The van der Waals surface area contributed by atoms with E-state index >= 15 is 0 Å². The molecule has 0 N–H and O–H groups in total. The minimum Gasteiger partial charge on any atom is -0.467 e. The third-order valence-corrected chi connectivity index (χ3v) is 3.05. The van der Waals surface area contributed by atoms with Gasteiger partial charge in [0.25, 0.3) is 5.91 Å².